The Labute approximate surface area is 86.8 Å². The summed E-state index contributed by atoms with van der Waals surface area (Å²) in [4.78, 5) is 0. The Morgan fingerprint density at radius 2 is 1.71 bits per heavy atom. The monoisotopic (exact) mass is 189 g/mol. The van der Waals surface area contributed by atoms with Crippen molar-refractivity contribution in [1.82, 2.24) is 5.32 Å². The lowest BCUT2D eigenvalue weighted by molar-refractivity contribution is 0.499. The second-order valence-corrected chi connectivity index (χ2v) is 3.77. The number of benzene rings is 1. The molecule has 1 nitrogen and oxygen atoms in total. The van der Waals surface area contributed by atoms with Crippen LogP contribution in [0.25, 0.3) is 5.70 Å². The highest BCUT2D eigenvalue weighted by Crippen LogP contribution is 2.34. The molecule has 2 rings (SSSR count). The summed E-state index contributed by atoms with van der Waals surface area (Å²) in [7, 11) is 0. The Hall–Kier alpha value is -1.24. The van der Waals surface area contributed by atoms with Crippen molar-refractivity contribution in [2.45, 2.75) is 33.2 Å². The van der Waals surface area contributed by atoms with Gasteiger partial charge in [0, 0.05) is 11.3 Å². The van der Waals surface area contributed by atoms with E-state index in [1.165, 1.54) is 11.1 Å². The standard InChI is InChI=1S/C11H13N.C2H6/c1-8-9-6-4-5-7-10(9)11(2,3)12-8;1-2/h4-7,12H,1H2,2-3H3;1-2H3. The minimum Gasteiger partial charge on any atom is -0.376 e. The molecule has 1 N–H and O–H groups in total. The Bertz CT molecular complexity index is 337. The SMILES string of the molecule is C=C1NC(C)(C)c2ccccc21.CC. The van der Waals surface area contributed by atoms with Crippen molar-refractivity contribution in [1.29, 1.82) is 0 Å². The zero-order valence-corrected chi connectivity index (χ0v) is 9.52. The Morgan fingerprint density at radius 3 is 2.29 bits per heavy atom. The summed E-state index contributed by atoms with van der Waals surface area (Å²) in [5.74, 6) is 0. The van der Waals surface area contributed by atoms with Crippen LogP contribution in [-0.4, -0.2) is 0 Å². The van der Waals surface area contributed by atoms with Gasteiger partial charge in [-0.05, 0) is 19.4 Å². The molecule has 0 spiro atoms. The maximum Gasteiger partial charge on any atom is 0.0575 e. The van der Waals surface area contributed by atoms with Gasteiger partial charge in [-0.3, -0.25) is 0 Å². The van der Waals surface area contributed by atoms with Gasteiger partial charge in [0.1, 0.15) is 0 Å². The fourth-order valence-electron chi connectivity index (χ4n) is 1.80. The van der Waals surface area contributed by atoms with E-state index in [1.807, 2.05) is 19.9 Å². The zero-order valence-electron chi connectivity index (χ0n) is 9.52. The average Bonchev–Trinajstić information content (AvgIpc) is 2.42. The molecule has 0 fully saturated rings. The lowest BCUT2D eigenvalue weighted by Crippen LogP contribution is -2.28. The summed E-state index contributed by atoms with van der Waals surface area (Å²) >= 11 is 0. The summed E-state index contributed by atoms with van der Waals surface area (Å²) in [5, 5.41) is 3.36. The highest BCUT2D eigenvalue weighted by Gasteiger charge is 2.30. The van der Waals surface area contributed by atoms with Crippen molar-refractivity contribution in [3.63, 3.8) is 0 Å². The number of hydrogen-bond donors (Lipinski definition) is 1. The maximum atomic E-state index is 3.98. The summed E-state index contributed by atoms with van der Waals surface area (Å²) in [6, 6.07) is 8.38. The van der Waals surface area contributed by atoms with Crippen molar-refractivity contribution in [2.24, 2.45) is 0 Å². The van der Waals surface area contributed by atoms with E-state index in [1.54, 1.807) is 0 Å². The lowest BCUT2D eigenvalue weighted by atomic mass is 9.95. The van der Waals surface area contributed by atoms with E-state index in [0.717, 1.165) is 5.70 Å². The van der Waals surface area contributed by atoms with Gasteiger partial charge in [-0.15, -0.1) is 0 Å². The summed E-state index contributed by atoms with van der Waals surface area (Å²) in [6.07, 6.45) is 0. The molecule has 0 saturated carbocycles. The number of hydrogen-bond acceptors (Lipinski definition) is 1. The van der Waals surface area contributed by atoms with Crippen LogP contribution < -0.4 is 5.32 Å². The van der Waals surface area contributed by atoms with Crippen molar-refractivity contribution >= 4 is 5.70 Å². The van der Waals surface area contributed by atoms with E-state index >= 15 is 0 Å². The molecule has 0 aromatic heterocycles. The molecule has 1 heterocycles. The van der Waals surface area contributed by atoms with Gasteiger partial charge in [0.25, 0.3) is 0 Å². The van der Waals surface area contributed by atoms with E-state index in [4.69, 9.17) is 0 Å². The minimum absolute atomic E-state index is 0.0493. The van der Waals surface area contributed by atoms with Gasteiger partial charge in [-0.2, -0.15) is 0 Å². The molecule has 0 atom stereocenters. The van der Waals surface area contributed by atoms with Gasteiger partial charge in [0.15, 0.2) is 0 Å². The normalized spacial score (nSPS) is 16.4. The van der Waals surface area contributed by atoms with Crippen LogP contribution in [0.1, 0.15) is 38.8 Å². The molecule has 1 aliphatic rings. The molecule has 1 aromatic carbocycles. The number of nitrogens with one attached hydrogen (secondary N) is 1. The number of fused-ring (bicyclic) bond motifs is 1. The molecule has 76 valence electrons. The first kappa shape index (κ1) is 10.8. The number of rotatable bonds is 0. The first-order valence-corrected chi connectivity index (χ1v) is 5.18. The second-order valence-electron chi connectivity index (χ2n) is 3.77. The van der Waals surface area contributed by atoms with E-state index in [0.29, 0.717) is 0 Å². The molecule has 0 saturated heterocycles. The van der Waals surface area contributed by atoms with Gasteiger partial charge >= 0.3 is 0 Å². The Balaban J connectivity index is 0.000000461. The van der Waals surface area contributed by atoms with E-state index in [-0.39, 0.29) is 5.54 Å². The fourth-order valence-corrected chi connectivity index (χ4v) is 1.80. The van der Waals surface area contributed by atoms with E-state index in [9.17, 15) is 0 Å². The molecular weight excluding hydrogens is 170 g/mol. The third-order valence-electron chi connectivity index (χ3n) is 2.39. The first-order chi connectivity index (χ1) is 6.61. The first-order valence-electron chi connectivity index (χ1n) is 5.18. The Kier molecular flexibility index (Phi) is 3.00. The molecule has 0 unspecified atom stereocenters. The quantitative estimate of drug-likeness (QED) is 0.658. The van der Waals surface area contributed by atoms with Crippen molar-refractivity contribution in [2.75, 3.05) is 0 Å². The fraction of sp³-hybridized carbons (Fsp3) is 0.385. The summed E-state index contributed by atoms with van der Waals surface area (Å²) < 4.78 is 0. The highest BCUT2D eigenvalue weighted by molar-refractivity contribution is 5.71. The van der Waals surface area contributed by atoms with Crippen molar-refractivity contribution in [3.05, 3.63) is 42.0 Å². The van der Waals surface area contributed by atoms with Crippen LogP contribution in [0.3, 0.4) is 0 Å². The van der Waals surface area contributed by atoms with Crippen LogP contribution in [0.15, 0.2) is 30.8 Å². The topological polar surface area (TPSA) is 12.0 Å². The highest BCUT2D eigenvalue weighted by atomic mass is 15.0. The van der Waals surface area contributed by atoms with Crippen LogP contribution in [0.5, 0.6) is 0 Å². The van der Waals surface area contributed by atoms with Gasteiger partial charge in [0.05, 0.1) is 5.54 Å². The van der Waals surface area contributed by atoms with Crippen LogP contribution >= 0.6 is 0 Å². The second kappa shape index (κ2) is 3.87. The summed E-state index contributed by atoms with van der Waals surface area (Å²) in [6.45, 7) is 12.3. The smallest absolute Gasteiger partial charge is 0.0575 e. The van der Waals surface area contributed by atoms with Gasteiger partial charge in [0.2, 0.25) is 0 Å². The van der Waals surface area contributed by atoms with Crippen molar-refractivity contribution in [3.8, 4) is 0 Å². The van der Waals surface area contributed by atoms with E-state index < -0.39 is 0 Å². The predicted molar refractivity (Wildman–Crippen MR) is 63.0 cm³/mol. The minimum atomic E-state index is 0.0493. The van der Waals surface area contributed by atoms with Gasteiger partial charge in [-0.1, -0.05) is 44.7 Å². The molecule has 14 heavy (non-hydrogen) atoms. The molecule has 0 bridgehead atoms. The zero-order chi connectivity index (χ0) is 10.8. The molecule has 0 radical (unpaired) electrons. The van der Waals surface area contributed by atoms with Crippen molar-refractivity contribution < 1.29 is 0 Å². The van der Waals surface area contributed by atoms with Crippen LogP contribution in [0, 0.1) is 0 Å². The summed E-state index contributed by atoms with van der Waals surface area (Å²) in [5.41, 5.74) is 3.68. The largest absolute Gasteiger partial charge is 0.376 e. The van der Waals surface area contributed by atoms with Gasteiger partial charge < -0.3 is 5.32 Å². The average molecular weight is 189 g/mol. The van der Waals surface area contributed by atoms with Crippen LogP contribution in [0.4, 0.5) is 0 Å². The Morgan fingerprint density at radius 1 is 1.14 bits per heavy atom. The molecule has 0 amide bonds. The third-order valence-corrected chi connectivity index (χ3v) is 2.39. The lowest BCUT2D eigenvalue weighted by Gasteiger charge is -2.19. The van der Waals surface area contributed by atoms with E-state index in [2.05, 4.69) is 43.9 Å². The van der Waals surface area contributed by atoms with Crippen LogP contribution in [0.2, 0.25) is 0 Å². The van der Waals surface area contributed by atoms with Crippen LogP contribution in [-0.2, 0) is 5.54 Å². The maximum absolute atomic E-state index is 3.98. The molecular formula is C13H19N. The third kappa shape index (κ3) is 1.67. The molecule has 1 aromatic rings. The predicted octanol–water partition coefficient (Wildman–Crippen LogP) is 3.52. The molecule has 1 aliphatic heterocycles. The molecule has 0 aliphatic carbocycles. The molecule has 1 heteroatoms. The van der Waals surface area contributed by atoms with Gasteiger partial charge in [-0.25, -0.2) is 0 Å².